The second kappa shape index (κ2) is 7.25. The molecule has 0 aliphatic carbocycles. The summed E-state index contributed by atoms with van der Waals surface area (Å²) >= 11 is 1.53. The minimum absolute atomic E-state index is 0.190. The van der Waals surface area contributed by atoms with Crippen molar-refractivity contribution in [1.82, 2.24) is 10.2 Å². The molecule has 0 spiro atoms. The fourth-order valence-corrected chi connectivity index (χ4v) is 3.66. The highest BCUT2D eigenvalue weighted by Gasteiger charge is 2.47. The molecule has 2 aliphatic heterocycles. The first-order valence-corrected chi connectivity index (χ1v) is 9.05. The highest BCUT2D eigenvalue weighted by Crippen LogP contribution is 2.30. The fourth-order valence-electron chi connectivity index (χ4n) is 2.93. The molecule has 1 aromatic carbocycles. The average molecular weight is 347 g/mol. The van der Waals surface area contributed by atoms with Gasteiger partial charge < -0.3 is 10.1 Å². The van der Waals surface area contributed by atoms with Crippen LogP contribution in [-0.2, 0) is 16.1 Å². The molecule has 1 N–H and O–H groups in total. The van der Waals surface area contributed by atoms with Crippen molar-refractivity contribution in [1.29, 1.82) is 0 Å². The summed E-state index contributed by atoms with van der Waals surface area (Å²) in [5.74, 6) is 0.694. The SMILES string of the molecule is CC1(C(=O)NC2=NCCS2)CCCN1C(=O)OCc1ccccc1. The van der Waals surface area contributed by atoms with Crippen LogP contribution in [0.15, 0.2) is 35.3 Å². The number of benzene rings is 1. The van der Waals surface area contributed by atoms with Gasteiger partial charge in [0.1, 0.15) is 12.1 Å². The van der Waals surface area contributed by atoms with Crippen LogP contribution in [0.2, 0.25) is 0 Å². The predicted molar refractivity (Wildman–Crippen MR) is 93.9 cm³/mol. The van der Waals surface area contributed by atoms with Crippen LogP contribution in [-0.4, -0.2) is 46.4 Å². The molecule has 0 aromatic heterocycles. The standard InChI is InChI=1S/C17H21N3O3S/c1-17(14(21)19-15-18-9-11-24-15)8-5-10-20(17)16(22)23-12-13-6-3-2-4-7-13/h2-4,6-7H,5,8-12H2,1H3,(H,18,19,21). The van der Waals surface area contributed by atoms with E-state index in [1.165, 1.54) is 16.7 Å². The maximum absolute atomic E-state index is 12.7. The van der Waals surface area contributed by atoms with Crippen molar-refractivity contribution in [3.8, 4) is 0 Å². The van der Waals surface area contributed by atoms with Crippen LogP contribution in [0.4, 0.5) is 4.79 Å². The fraction of sp³-hybridized carbons (Fsp3) is 0.471. The van der Waals surface area contributed by atoms with Crippen molar-refractivity contribution in [2.75, 3.05) is 18.8 Å². The third-order valence-corrected chi connectivity index (χ3v) is 5.25. The van der Waals surface area contributed by atoms with E-state index < -0.39 is 11.6 Å². The van der Waals surface area contributed by atoms with E-state index in [1.807, 2.05) is 30.3 Å². The number of hydrogen-bond acceptors (Lipinski definition) is 5. The van der Waals surface area contributed by atoms with Crippen LogP contribution in [0.25, 0.3) is 0 Å². The number of carbonyl (C=O) groups excluding carboxylic acids is 2. The van der Waals surface area contributed by atoms with Gasteiger partial charge in [-0.05, 0) is 25.3 Å². The van der Waals surface area contributed by atoms with Gasteiger partial charge in [0.15, 0.2) is 5.17 Å². The molecule has 7 heteroatoms. The molecule has 2 amide bonds. The summed E-state index contributed by atoms with van der Waals surface area (Å²) < 4.78 is 5.40. The maximum Gasteiger partial charge on any atom is 0.410 e. The van der Waals surface area contributed by atoms with Gasteiger partial charge in [-0.15, -0.1) is 0 Å². The van der Waals surface area contributed by atoms with Gasteiger partial charge in [0.05, 0.1) is 6.54 Å². The molecular weight excluding hydrogens is 326 g/mol. The zero-order valence-corrected chi connectivity index (χ0v) is 14.5. The molecule has 128 valence electrons. The summed E-state index contributed by atoms with van der Waals surface area (Å²) in [6, 6.07) is 9.52. The summed E-state index contributed by atoms with van der Waals surface area (Å²) in [4.78, 5) is 30.9. The van der Waals surface area contributed by atoms with Crippen LogP contribution in [0, 0.1) is 0 Å². The lowest BCUT2D eigenvalue weighted by Gasteiger charge is -2.32. The smallest absolute Gasteiger partial charge is 0.410 e. The number of aliphatic imine (C=N–C) groups is 1. The van der Waals surface area contributed by atoms with E-state index in [-0.39, 0.29) is 12.5 Å². The Hall–Kier alpha value is -2.02. The Morgan fingerprint density at radius 3 is 2.88 bits per heavy atom. The average Bonchev–Trinajstić information content (AvgIpc) is 3.24. The Balaban J connectivity index is 1.62. The maximum atomic E-state index is 12.7. The number of rotatable bonds is 3. The molecular formula is C17H21N3O3S. The molecule has 2 aliphatic rings. The molecule has 1 saturated heterocycles. The third-order valence-electron chi connectivity index (χ3n) is 4.36. The van der Waals surface area contributed by atoms with Gasteiger partial charge in [-0.2, -0.15) is 0 Å². The number of thioether (sulfide) groups is 1. The van der Waals surface area contributed by atoms with E-state index in [4.69, 9.17) is 4.74 Å². The first-order chi connectivity index (χ1) is 11.6. The van der Waals surface area contributed by atoms with Gasteiger partial charge in [-0.3, -0.25) is 14.7 Å². The molecule has 1 aromatic rings. The molecule has 1 unspecified atom stereocenters. The number of carbonyl (C=O) groups is 2. The Labute approximate surface area is 145 Å². The first kappa shape index (κ1) is 16.8. The van der Waals surface area contributed by atoms with Crippen LogP contribution >= 0.6 is 11.8 Å². The van der Waals surface area contributed by atoms with Gasteiger partial charge in [0.25, 0.3) is 5.91 Å². The number of amides is 2. The van der Waals surface area contributed by atoms with E-state index in [0.717, 1.165) is 24.3 Å². The van der Waals surface area contributed by atoms with Crippen molar-refractivity contribution in [3.05, 3.63) is 35.9 Å². The Morgan fingerprint density at radius 2 is 2.17 bits per heavy atom. The van der Waals surface area contributed by atoms with E-state index >= 15 is 0 Å². The van der Waals surface area contributed by atoms with Crippen LogP contribution in [0.5, 0.6) is 0 Å². The zero-order valence-electron chi connectivity index (χ0n) is 13.7. The number of nitrogens with zero attached hydrogens (tertiary/aromatic N) is 2. The Kier molecular flexibility index (Phi) is 5.08. The summed E-state index contributed by atoms with van der Waals surface area (Å²) in [5.41, 5.74) is 0.0345. The van der Waals surface area contributed by atoms with Gasteiger partial charge in [-0.1, -0.05) is 42.1 Å². The molecule has 1 fully saturated rings. The van der Waals surface area contributed by atoms with E-state index in [1.54, 1.807) is 6.92 Å². The molecule has 0 saturated carbocycles. The highest BCUT2D eigenvalue weighted by atomic mass is 32.2. The molecule has 0 radical (unpaired) electrons. The van der Waals surface area contributed by atoms with Crippen LogP contribution < -0.4 is 5.32 Å². The number of hydrogen-bond donors (Lipinski definition) is 1. The van der Waals surface area contributed by atoms with Crippen molar-refractivity contribution >= 4 is 28.9 Å². The van der Waals surface area contributed by atoms with Crippen molar-refractivity contribution in [2.45, 2.75) is 31.9 Å². The van der Waals surface area contributed by atoms with Crippen LogP contribution in [0.1, 0.15) is 25.3 Å². The number of likely N-dealkylation sites (tertiary alicyclic amines) is 1. The quantitative estimate of drug-likeness (QED) is 0.911. The normalized spacial score (nSPS) is 23.0. The van der Waals surface area contributed by atoms with Gasteiger partial charge in [0, 0.05) is 12.3 Å². The van der Waals surface area contributed by atoms with Gasteiger partial charge in [-0.25, -0.2) is 4.79 Å². The number of nitrogens with one attached hydrogen (secondary N) is 1. The van der Waals surface area contributed by atoms with Crippen molar-refractivity contribution in [2.24, 2.45) is 4.99 Å². The first-order valence-electron chi connectivity index (χ1n) is 8.06. The number of amidine groups is 1. The van der Waals surface area contributed by atoms with Crippen molar-refractivity contribution < 1.29 is 14.3 Å². The van der Waals surface area contributed by atoms with E-state index in [9.17, 15) is 9.59 Å². The minimum Gasteiger partial charge on any atom is -0.445 e. The second-order valence-electron chi connectivity index (χ2n) is 6.06. The summed E-state index contributed by atoms with van der Waals surface area (Å²) in [6.07, 6.45) is 0.955. The Morgan fingerprint density at radius 1 is 1.38 bits per heavy atom. The van der Waals surface area contributed by atoms with Gasteiger partial charge >= 0.3 is 6.09 Å². The monoisotopic (exact) mass is 347 g/mol. The van der Waals surface area contributed by atoms with Crippen molar-refractivity contribution in [3.63, 3.8) is 0 Å². The summed E-state index contributed by atoms with van der Waals surface area (Å²) in [5, 5.41) is 3.49. The predicted octanol–water partition coefficient (Wildman–Crippen LogP) is 2.40. The van der Waals surface area contributed by atoms with E-state index in [0.29, 0.717) is 18.1 Å². The van der Waals surface area contributed by atoms with Gasteiger partial charge in [0.2, 0.25) is 0 Å². The molecule has 3 rings (SSSR count). The largest absolute Gasteiger partial charge is 0.445 e. The molecule has 0 bridgehead atoms. The number of ether oxygens (including phenoxy) is 1. The van der Waals surface area contributed by atoms with E-state index in [2.05, 4.69) is 10.3 Å². The van der Waals surface area contributed by atoms with Crippen LogP contribution in [0.3, 0.4) is 0 Å². The molecule has 6 nitrogen and oxygen atoms in total. The highest BCUT2D eigenvalue weighted by molar-refractivity contribution is 8.14. The lowest BCUT2D eigenvalue weighted by molar-refractivity contribution is -0.128. The Bertz CT molecular complexity index is 650. The molecule has 2 heterocycles. The summed E-state index contributed by atoms with van der Waals surface area (Å²) in [7, 11) is 0. The molecule has 24 heavy (non-hydrogen) atoms. The third kappa shape index (κ3) is 3.56. The summed E-state index contributed by atoms with van der Waals surface area (Å²) in [6.45, 7) is 3.24. The topological polar surface area (TPSA) is 71.0 Å². The molecule has 1 atom stereocenters. The second-order valence-corrected chi connectivity index (χ2v) is 7.14. The minimum atomic E-state index is -0.889. The lowest BCUT2D eigenvalue weighted by Crippen LogP contribution is -2.56. The zero-order chi connectivity index (χ0) is 17.0. The lowest BCUT2D eigenvalue weighted by atomic mass is 9.98.